The van der Waals surface area contributed by atoms with Gasteiger partial charge in [-0.2, -0.15) is 0 Å². The van der Waals surface area contributed by atoms with E-state index in [-0.39, 0.29) is 30.4 Å². The second-order valence-corrected chi connectivity index (χ2v) is 9.97. The first kappa shape index (κ1) is 26.7. The second kappa shape index (κ2) is 11.8. The number of anilines is 1. The number of ether oxygens (including phenoxy) is 1. The van der Waals surface area contributed by atoms with Crippen molar-refractivity contribution in [1.82, 2.24) is 9.47 Å². The van der Waals surface area contributed by atoms with Crippen molar-refractivity contribution >= 4 is 51.6 Å². The molecule has 3 heterocycles. The molecule has 1 saturated heterocycles. The highest BCUT2D eigenvalue weighted by atomic mass is 32.2. The van der Waals surface area contributed by atoms with Crippen LogP contribution in [0.2, 0.25) is 0 Å². The van der Waals surface area contributed by atoms with Gasteiger partial charge in [-0.25, -0.2) is 9.18 Å². The number of halogens is 1. The molecule has 0 spiro atoms. The summed E-state index contributed by atoms with van der Waals surface area (Å²) in [4.78, 5) is 44.2. The first-order valence-electron chi connectivity index (χ1n) is 11.8. The van der Waals surface area contributed by atoms with Gasteiger partial charge in [0.25, 0.3) is 11.5 Å². The number of carbonyl (C=O) groups excluding carboxylic acids is 2. The fraction of sp³-hybridized carbons (Fsp3) is 0.296. The number of thioether (sulfide) groups is 1. The molecule has 194 valence electrons. The SMILES string of the molecule is C=C/C=C(\SC)C(=O)N1CCN(c2c(C(=O)OCC)c(=O)n(Cc3ccc(F)cc3)c3cscc23)CC1. The molecule has 1 aromatic carbocycles. The Bertz CT molecular complexity index is 1400. The zero-order valence-electron chi connectivity index (χ0n) is 20.7. The highest BCUT2D eigenvalue weighted by Crippen LogP contribution is 2.33. The van der Waals surface area contributed by atoms with Gasteiger partial charge in [-0.05, 0) is 37.0 Å². The number of rotatable bonds is 8. The second-order valence-electron chi connectivity index (χ2n) is 8.38. The van der Waals surface area contributed by atoms with E-state index in [0.717, 1.165) is 10.9 Å². The predicted molar refractivity (Wildman–Crippen MR) is 148 cm³/mol. The van der Waals surface area contributed by atoms with Gasteiger partial charge in [0.2, 0.25) is 0 Å². The van der Waals surface area contributed by atoms with Crippen LogP contribution in [-0.4, -0.2) is 60.4 Å². The molecule has 7 nitrogen and oxygen atoms in total. The summed E-state index contributed by atoms with van der Waals surface area (Å²) in [6.07, 6.45) is 5.15. The molecule has 0 atom stereocenters. The smallest absolute Gasteiger partial charge is 0.345 e. The Kier molecular flexibility index (Phi) is 8.50. The lowest BCUT2D eigenvalue weighted by Crippen LogP contribution is -2.50. The molecule has 1 amide bonds. The van der Waals surface area contributed by atoms with E-state index in [0.29, 0.717) is 42.3 Å². The van der Waals surface area contributed by atoms with E-state index in [1.54, 1.807) is 40.7 Å². The molecule has 10 heteroatoms. The summed E-state index contributed by atoms with van der Waals surface area (Å²) in [5, 5.41) is 4.57. The zero-order valence-corrected chi connectivity index (χ0v) is 22.4. The van der Waals surface area contributed by atoms with E-state index in [1.807, 2.05) is 21.9 Å². The summed E-state index contributed by atoms with van der Waals surface area (Å²) < 4.78 is 20.3. The molecule has 0 unspecified atom stereocenters. The summed E-state index contributed by atoms with van der Waals surface area (Å²) >= 11 is 2.81. The summed E-state index contributed by atoms with van der Waals surface area (Å²) in [6.45, 7) is 7.50. The van der Waals surface area contributed by atoms with Crippen LogP contribution in [0.3, 0.4) is 0 Å². The maximum atomic E-state index is 13.8. The van der Waals surface area contributed by atoms with Crippen molar-refractivity contribution in [2.45, 2.75) is 13.5 Å². The molecule has 1 aliphatic rings. The van der Waals surface area contributed by atoms with Crippen molar-refractivity contribution in [2.75, 3.05) is 43.9 Å². The van der Waals surface area contributed by atoms with Gasteiger partial charge in [-0.3, -0.25) is 9.59 Å². The van der Waals surface area contributed by atoms with Gasteiger partial charge in [0, 0.05) is 42.3 Å². The topological polar surface area (TPSA) is 71.9 Å². The van der Waals surface area contributed by atoms with E-state index in [1.165, 1.54) is 35.2 Å². The maximum absolute atomic E-state index is 13.8. The molecule has 0 bridgehead atoms. The summed E-state index contributed by atoms with van der Waals surface area (Å²) in [6, 6.07) is 5.94. The Labute approximate surface area is 222 Å². The first-order chi connectivity index (χ1) is 17.9. The number of nitrogens with zero attached hydrogens (tertiary/aromatic N) is 3. The van der Waals surface area contributed by atoms with Crippen molar-refractivity contribution < 1.29 is 18.7 Å². The normalized spacial score (nSPS) is 14.2. The van der Waals surface area contributed by atoms with Crippen molar-refractivity contribution in [1.29, 1.82) is 0 Å². The van der Waals surface area contributed by atoms with Crippen LogP contribution in [-0.2, 0) is 16.1 Å². The Balaban J connectivity index is 1.74. The molecule has 0 saturated carbocycles. The number of amides is 1. The predicted octanol–water partition coefficient (Wildman–Crippen LogP) is 4.51. The summed E-state index contributed by atoms with van der Waals surface area (Å²) in [7, 11) is 0. The van der Waals surface area contributed by atoms with Crippen LogP contribution in [0, 0.1) is 5.82 Å². The van der Waals surface area contributed by atoms with Crippen LogP contribution in [0.1, 0.15) is 22.8 Å². The number of carbonyl (C=O) groups is 2. The van der Waals surface area contributed by atoms with Gasteiger partial charge in [0.05, 0.1) is 29.3 Å². The molecule has 0 radical (unpaired) electrons. The van der Waals surface area contributed by atoms with Gasteiger partial charge in [-0.15, -0.1) is 23.1 Å². The molecule has 1 fully saturated rings. The quantitative estimate of drug-likeness (QED) is 0.238. The lowest BCUT2D eigenvalue weighted by atomic mass is 10.1. The molecule has 4 rings (SSSR count). The molecular weight excluding hydrogens is 513 g/mol. The number of benzene rings is 1. The number of esters is 1. The van der Waals surface area contributed by atoms with Crippen molar-refractivity contribution in [3.63, 3.8) is 0 Å². The molecule has 2 aromatic heterocycles. The number of allylic oxidation sites excluding steroid dienone is 2. The third-order valence-corrected chi connectivity index (χ3v) is 7.68. The van der Waals surface area contributed by atoms with Crippen LogP contribution >= 0.6 is 23.1 Å². The number of fused-ring (bicyclic) bond motifs is 1. The minimum Gasteiger partial charge on any atom is -0.462 e. The fourth-order valence-corrected chi connectivity index (χ4v) is 5.78. The lowest BCUT2D eigenvalue weighted by Gasteiger charge is -2.37. The number of hydrogen-bond acceptors (Lipinski definition) is 7. The van der Waals surface area contributed by atoms with E-state index in [9.17, 15) is 18.8 Å². The van der Waals surface area contributed by atoms with Gasteiger partial charge in [0.1, 0.15) is 11.4 Å². The number of piperazine rings is 1. The Hall–Kier alpha value is -3.37. The minimum absolute atomic E-state index is 0.0222. The average Bonchev–Trinajstić information content (AvgIpc) is 3.39. The molecule has 37 heavy (non-hydrogen) atoms. The third kappa shape index (κ3) is 5.50. The standard InChI is InChI=1S/C27H28FN3O4S2/c1-4-6-22(36-3)25(32)30-13-11-29(12-14-30)24-20-16-37-17-21(20)31(15-18-7-9-19(28)10-8-18)26(33)23(24)27(34)35-5-2/h4,6-10,16-17H,1,5,11-15H2,2-3H3/b22-6-. The van der Waals surface area contributed by atoms with Crippen molar-refractivity contribution in [3.05, 3.63) is 86.0 Å². The van der Waals surface area contributed by atoms with Gasteiger partial charge in [-0.1, -0.05) is 24.8 Å². The molecule has 1 aliphatic heterocycles. The van der Waals surface area contributed by atoms with Crippen LogP contribution in [0.25, 0.3) is 10.9 Å². The van der Waals surface area contributed by atoms with Crippen LogP contribution in [0.5, 0.6) is 0 Å². The first-order valence-corrected chi connectivity index (χ1v) is 14.0. The van der Waals surface area contributed by atoms with Crippen molar-refractivity contribution in [2.24, 2.45) is 0 Å². The molecular formula is C27H28FN3O4S2. The summed E-state index contributed by atoms with van der Waals surface area (Å²) in [5.41, 5.74) is 1.49. The Morgan fingerprint density at radius 2 is 1.86 bits per heavy atom. The molecule has 3 aromatic rings. The van der Waals surface area contributed by atoms with E-state index in [2.05, 4.69) is 6.58 Å². The van der Waals surface area contributed by atoms with Crippen LogP contribution < -0.4 is 10.5 Å². The number of pyridine rings is 1. The average molecular weight is 542 g/mol. The highest BCUT2D eigenvalue weighted by molar-refractivity contribution is 8.03. The lowest BCUT2D eigenvalue weighted by molar-refractivity contribution is -0.126. The van der Waals surface area contributed by atoms with Gasteiger partial charge in [0.15, 0.2) is 0 Å². The monoisotopic (exact) mass is 541 g/mol. The van der Waals surface area contributed by atoms with Crippen LogP contribution in [0.15, 0.2) is 63.5 Å². The Morgan fingerprint density at radius 3 is 2.49 bits per heavy atom. The van der Waals surface area contributed by atoms with Gasteiger partial charge < -0.3 is 19.1 Å². The Morgan fingerprint density at radius 1 is 1.16 bits per heavy atom. The van der Waals surface area contributed by atoms with Crippen LogP contribution in [0.4, 0.5) is 10.1 Å². The zero-order chi connectivity index (χ0) is 26.5. The summed E-state index contributed by atoms with van der Waals surface area (Å²) in [5.74, 6) is -1.10. The van der Waals surface area contributed by atoms with E-state index in [4.69, 9.17) is 4.74 Å². The fourth-order valence-electron chi connectivity index (χ4n) is 4.42. The number of hydrogen-bond donors (Lipinski definition) is 0. The van der Waals surface area contributed by atoms with Gasteiger partial charge >= 0.3 is 5.97 Å². The van der Waals surface area contributed by atoms with E-state index < -0.39 is 11.5 Å². The molecule has 0 N–H and O–H groups in total. The number of aromatic nitrogens is 1. The third-order valence-electron chi connectivity index (χ3n) is 6.20. The minimum atomic E-state index is -0.680. The maximum Gasteiger partial charge on any atom is 0.345 e. The largest absolute Gasteiger partial charge is 0.462 e. The highest BCUT2D eigenvalue weighted by Gasteiger charge is 2.31. The van der Waals surface area contributed by atoms with E-state index >= 15 is 0 Å². The number of thiophene rings is 1. The molecule has 0 aliphatic carbocycles. The van der Waals surface area contributed by atoms with Crippen molar-refractivity contribution in [3.8, 4) is 0 Å².